The number of nitrogens with one attached hydrogen (secondary N) is 2. The van der Waals surface area contributed by atoms with Crippen LogP contribution < -0.4 is 32.6 Å². The average molecular weight is 834 g/mol. The minimum absolute atomic E-state index is 0.149. The molecule has 1 aromatic carbocycles. The van der Waals surface area contributed by atoms with Crippen molar-refractivity contribution < 1.29 is 28.7 Å². The lowest BCUT2D eigenvalue weighted by molar-refractivity contribution is -0.189. The molecule has 61 heavy (non-hydrogen) atoms. The Bertz CT molecular complexity index is 2750. The molecule has 4 amide bonds. The van der Waals surface area contributed by atoms with Crippen LogP contribution in [0.3, 0.4) is 0 Å². The third-order valence-corrected chi connectivity index (χ3v) is 10.9. The van der Waals surface area contributed by atoms with Crippen molar-refractivity contribution in [2.75, 3.05) is 55.8 Å². The number of benzene rings is 1. The molecule has 6 aromatic rings. The molecule has 1 spiro atoms. The molecule has 21 heteroatoms. The molecule has 0 atom stereocenters. The molecule has 8 N–H and O–H groups in total. The summed E-state index contributed by atoms with van der Waals surface area (Å²) in [5.41, 5.74) is 21.8. The number of nitrogens with two attached hydrogens (primary N) is 3. The molecule has 7 heterocycles. The zero-order valence-corrected chi connectivity index (χ0v) is 34.3. The Morgan fingerprint density at radius 3 is 2.18 bits per heavy atom. The summed E-state index contributed by atoms with van der Waals surface area (Å²) in [5.74, 6) is -1.63. The van der Waals surface area contributed by atoms with Gasteiger partial charge in [0.15, 0.2) is 5.65 Å². The average Bonchev–Trinajstić information content (AvgIpc) is 3.93. The lowest BCUT2D eigenvalue weighted by atomic mass is 9.78. The van der Waals surface area contributed by atoms with E-state index in [1.165, 1.54) is 16.9 Å². The largest absolute Gasteiger partial charge is 0.490 e. The van der Waals surface area contributed by atoms with E-state index < -0.39 is 23.6 Å². The maximum atomic E-state index is 13.9. The van der Waals surface area contributed by atoms with Gasteiger partial charge in [0, 0.05) is 63.0 Å². The van der Waals surface area contributed by atoms with Gasteiger partial charge in [-0.1, -0.05) is 12.2 Å². The van der Waals surface area contributed by atoms with Gasteiger partial charge < -0.3 is 31.2 Å². The van der Waals surface area contributed by atoms with E-state index in [1.807, 2.05) is 26.0 Å². The smallest absolute Gasteiger partial charge is 0.278 e. The number of likely N-dealkylation sites (tertiary alicyclic amines) is 1. The van der Waals surface area contributed by atoms with E-state index >= 15 is 0 Å². The fourth-order valence-electron chi connectivity index (χ4n) is 7.81. The standard InChI is InChI=1S/C40H47N15O6/c1-5-54-28(13-22(3)49-54)36(58)47-39-46-27-15-25(34(43)57)17-44-35(27)53(39)10-8-7-9-52-31-26(45-38(52)48-37(59)32-30(41)23(4)50-55(32)6-2)14-24(33(42)56)16-29(31)61-12-11-51-18-40(19-51)20-60-21-40/h7-8,13-17H,5-6,9-12,18-21,41H2,1-4H3,(H2,42,56)(H2,43,57)(H,45,48,59)(H,46,47,58)/b8-7+. The van der Waals surface area contributed by atoms with Crippen molar-refractivity contribution in [1.29, 1.82) is 0 Å². The van der Waals surface area contributed by atoms with Gasteiger partial charge >= 0.3 is 0 Å². The number of nitrogen functional groups attached to an aromatic ring is 1. The molecular formula is C40H47N15O6. The minimum atomic E-state index is -0.673. The van der Waals surface area contributed by atoms with Gasteiger partial charge in [0.1, 0.15) is 34.8 Å². The number of aryl methyl sites for hydroxylation is 4. The topological polar surface area (TPSA) is 276 Å². The monoisotopic (exact) mass is 833 g/mol. The number of aromatic nitrogens is 9. The predicted octanol–water partition coefficient (Wildman–Crippen LogP) is 2.08. The summed E-state index contributed by atoms with van der Waals surface area (Å²) in [5, 5.41) is 14.6. The van der Waals surface area contributed by atoms with Crippen LogP contribution in [0.25, 0.3) is 22.2 Å². The third-order valence-electron chi connectivity index (χ3n) is 10.9. The molecule has 21 nitrogen and oxygen atoms in total. The van der Waals surface area contributed by atoms with Crippen LogP contribution in [-0.2, 0) is 30.9 Å². The highest BCUT2D eigenvalue weighted by molar-refractivity contribution is 6.07. The lowest BCUT2D eigenvalue weighted by Crippen LogP contribution is -2.66. The molecule has 0 unspecified atom stereocenters. The Hall–Kier alpha value is -7.13. The number of carbonyl (C=O) groups is 4. The maximum Gasteiger partial charge on any atom is 0.278 e. The Morgan fingerprint density at radius 2 is 1.51 bits per heavy atom. The molecule has 2 fully saturated rings. The lowest BCUT2D eigenvalue weighted by Gasteiger charge is -2.55. The van der Waals surface area contributed by atoms with Gasteiger partial charge in [-0.15, -0.1) is 0 Å². The molecule has 0 radical (unpaired) electrons. The van der Waals surface area contributed by atoms with E-state index in [9.17, 15) is 19.2 Å². The second kappa shape index (κ2) is 16.1. The first-order valence-electron chi connectivity index (χ1n) is 19.9. The van der Waals surface area contributed by atoms with E-state index in [4.69, 9.17) is 31.7 Å². The van der Waals surface area contributed by atoms with E-state index in [0.717, 1.165) is 26.3 Å². The van der Waals surface area contributed by atoms with Gasteiger partial charge in [0.25, 0.3) is 11.8 Å². The van der Waals surface area contributed by atoms with Crippen molar-refractivity contribution in [2.24, 2.45) is 16.9 Å². The normalized spacial score (nSPS) is 14.8. The van der Waals surface area contributed by atoms with Gasteiger partial charge in [0.2, 0.25) is 23.7 Å². The first kappa shape index (κ1) is 40.6. The van der Waals surface area contributed by atoms with Gasteiger partial charge in [-0.2, -0.15) is 10.2 Å². The number of pyridine rings is 1. The van der Waals surface area contributed by atoms with Crippen LogP contribution >= 0.6 is 0 Å². The third kappa shape index (κ3) is 7.75. The van der Waals surface area contributed by atoms with Crippen LogP contribution in [-0.4, -0.2) is 112 Å². The van der Waals surface area contributed by atoms with Gasteiger partial charge in [-0.25, -0.2) is 15.0 Å². The number of allylic oxidation sites excluding steroid dienone is 2. The van der Waals surface area contributed by atoms with E-state index in [0.29, 0.717) is 71.3 Å². The SMILES string of the molecule is CCn1nc(C)cc1C(=O)Nc1nc2cc(C(N)=O)cnc2n1C/C=C/Cn1c(NC(=O)c2c(N)c(C)nn2CC)nc2cc(C(N)=O)cc(OCCN3CC4(COC4)C3)c21. The number of hydrogen-bond acceptors (Lipinski definition) is 13. The van der Waals surface area contributed by atoms with Crippen LogP contribution in [0.1, 0.15) is 66.9 Å². The molecule has 0 saturated carbocycles. The Kier molecular flexibility index (Phi) is 10.8. The molecule has 2 aliphatic heterocycles. The van der Waals surface area contributed by atoms with Gasteiger partial charge in [-0.3, -0.25) is 48.6 Å². The molecule has 8 rings (SSSR count). The summed E-state index contributed by atoms with van der Waals surface area (Å²) in [6.07, 6.45) is 5.01. The molecule has 2 aliphatic rings. The van der Waals surface area contributed by atoms with Crippen LogP contribution in [0.4, 0.5) is 17.6 Å². The second-order valence-corrected chi connectivity index (χ2v) is 15.3. The van der Waals surface area contributed by atoms with Crippen molar-refractivity contribution in [1.82, 2.24) is 48.5 Å². The fraction of sp³-hybridized carbons (Fsp3) is 0.375. The first-order chi connectivity index (χ1) is 29.3. The number of amides is 4. The van der Waals surface area contributed by atoms with E-state index in [1.54, 1.807) is 45.9 Å². The Balaban J connectivity index is 1.13. The Morgan fingerprint density at radius 1 is 0.852 bits per heavy atom. The maximum absolute atomic E-state index is 13.9. The number of hydrogen-bond donors (Lipinski definition) is 5. The van der Waals surface area contributed by atoms with Crippen molar-refractivity contribution in [3.8, 4) is 5.75 Å². The molecular weight excluding hydrogens is 787 g/mol. The number of primary amides is 2. The number of imidazole rings is 2. The van der Waals surface area contributed by atoms with Crippen LogP contribution in [0.15, 0.2) is 42.6 Å². The number of anilines is 3. The quantitative estimate of drug-likeness (QED) is 0.0875. The predicted molar refractivity (Wildman–Crippen MR) is 224 cm³/mol. The van der Waals surface area contributed by atoms with Crippen molar-refractivity contribution in [3.05, 3.63) is 76.5 Å². The first-order valence-corrected chi connectivity index (χ1v) is 19.9. The van der Waals surface area contributed by atoms with Crippen molar-refractivity contribution >= 4 is 63.4 Å². The molecule has 318 valence electrons. The summed E-state index contributed by atoms with van der Waals surface area (Å²) in [4.78, 5) is 68.1. The van der Waals surface area contributed by atoms with Gasteiger partial charge in [0.05, 0.1) is 41.4 Å². The molecule has 0 aliphatic carbocycles. The molecule has 0 bridgehead atoms. The van der Waals surface area contributed by atoms with E-state index in [2.05, 4.69) is 35.7 Å². The van der Waals surface area contributed by atoms with Crippen LogP contribution in [0.5, 0.6) is 5.75 Å². The van der Waals surface area contributed by atoms with Crippen molar-refractivity contribution in [3.63, 3.8) is 0 Å². The zero-order chi connectivity index (χ0) is 43.2. The number of nitrogens with zero attached hydrogens (tertiary/aromatic N) is 10. The summed E-state index contributed by atoms with van der Waals surface area (Å²) in [6.45, 7) is 12.8. The minimum Gasteiger partial charge on any atom is -0.490 e. The Labute approximate surface area is 348 Å². The highest BCUT2D eigenvalue weighted by Crippen LogP contribution is 2.37. The number of ether oxygens (including phenoxy) is 2. The fourth-order valence-corrected chi connectivity index (χ4v) is 7.81. The molecule has 2 saturated heterocycles. The number of fused-ring (bicyclic) bond motifs is 2. The number of carbonyl (C=O) groups excluding carboxylic acids is 4. The van der Waals surface area contributed by atoms with Crippen LogP contribution in [0.2, 0.25) is 0 Å². The van der Waals surface area contributed by atoms with Gasteiger partial charge in [-0.05, 0) is 52.0 Å². The zero-order valence-electron chi connectivity index (χ0n) is 34.3. The number of rotatable bonds is 16. The van der Waals surface area contributed by atoms with Crippen molar-refractivity contribution in [2.45, 2.75) is 53.9 Å². The van der Waals surface area contributed by atoms with Crippen LogP contribution in [0, 0.1) is 19.3 Å². The molecule has 5 aromatic heterocycles. The summed E-state index contributed by atoms with van der Waals surface area (Å²) in [6, 6.07) is 6.32. The highest BCUT2D eigenvalue weighted by atomic mass is 16.5. The summed E-state index contributed by atoms with van der Waals surface area (Å²) < 4.78 is 18.3. The second-order valence-electron chi connectivity index (χ2n) is 15.3. The highest BCUT2D eigenvalue weighted by Gasteiger charge is 2.48. The van der Waals surface area contributed by atoms with E-state index in [-0.39, 0.29) is 52.9 Å². The summed E-state index contributed by atoms with van der Waals surface area (Å²) in [7, 11) is 0. The summed E-state index contributed by atoms with van der Waals surface area (Å²) >= 11 is 0.